The monoisotopic (exact) mass is 203 g/mol. The van der Waals surface area contributed by atoms with E-state index in [1.807, 2.05) is 0 Å². The molecule has 1 aliphatic carbocycles. The van der Waals surface area contributed by atoms with Crippen LogP contribution in [0.25, 0.3) is 0 Å². The van der Waals surface area contributed by atoms with Crippen molar-refractivity contribution in [2.75, 3.05) is 19.7 Å². The SMILES string of the molecule is OCC1[C@H]2CN(Cc3ccccc3)C[C@@H]12. The first-order chi connectivity index (χ1) is 7.38. The largest absolute Gasteiger partial charge is 0.396 e. The molecule has 3 atom stereocenters. The third kappa shape index (κ3) is 1.68. The zero-order valence-electron chi connectivity index (χ0n) is 8.84. The highest BCUT2D eigenvalue weighted by molar-refractivity contribution is 5.15. The van der Waals surface area contributed by atoms with Crippen molar-refractivity contribution in [1.82, 2.24) is 4.90 Å². The van der Waals surface area contributed by atoms with E-state index in [0.717, 1.165) is 18.4 Å². The minimum Gasteiger partial charge on any atom is -0.396 e. The Hall–Kier alpha value is -0.860. The van der Waals surface area contributed by atoms with E-state index >= 15 is 0 Å². The molecule has 1 saturated carbocycles. The molecule has 1 aromatic carbocycles. The first kappa shape index (κ1) is 9.37. The van der Waals surface area contributed by atoms with E-state index in [4.69, 9.17) is 5.11 Å². The molecule has 3 rings (SSSR count). The quantitative estimate of drug-likeness (QED) is 0.801. The Balaban J connectivity index is 1.56. The van der Waals surface area contributed by atoms with E-state index < -0.39 is 0 Å². The van der Waals surface area contributed by atoms with Gasteiger partial charge >= 0.3 is 0 Å². The van der Waals surface area contributed by atoms with Crippen LogP contribution in [0.4, 0.5) is 0 Å². The van der Waals surface area contributed by atoms with Crippen LogP contribution in [-0.2, 0) is 6.54 Å². The Kier molecular flexibility index (Phi) is 2.26. The number of aliphatic hydroxyl groups excluding tert-OH is 1. The molecule has 1 aliphatic heterocycles. The van der Waals surface area contributed by atoms with Gasteiger partial charge in [-0.25, -0.2) is 0 Å². The average Bonchev–Trinajstić information content (AvgIpc) is 2.75. The normalized spacial score (nSPS) is 34.1. The maximum absolute atomic E-state index is 9.07. The van der Waals surface area contributed by atoms with Gasteiger partial charge in [0, 0.05) is 26.2 Å². The van der Waals surface area contributed by atoms with E-state index in [1.54, 1.807) is 0 Å². The molecule has 1 saturated heterocycles. The van der Waals surface area contributed by atoms with Crippen LogP contribution in [0.15, 0.2) is 30.3 Å². The van der Waals surface area contributed by atoms with Crippen molar-refractivity contribution in [3.8, 4) is 0 Å². The molecule has 2 aliphatic rings. The molecular formula is C13H17NO. The summed E-state index contributed by atoms with van der Waals surface area (Å²) in [5.41, 5.74) is 1.40. The van der Waals surface area contributed by atoms with Crippen LogP contribution >= 0.6 is 0 Å². The van der Waals surface area contributed by atoms with Crippen molar-refractivity contribution in [3.63, 3.8) is 0 Å². The summed E-state index contributed by atoms with van der Waals surface area (Å²) in [7, 11) is 0. The van der Waals surface area contributed by atoms with E-state index in [0.29, 0.717) is 12.5 Å². The summed E-state index contributed by atoms with van der Waals surface area (Å²) in [4.78, 5) is 2.51. The van der Waals surface area contributed by atoms with E-state index in [9.17, 15) is 0 Å². The highest BCUT2D eigenvalue weighted by Gasteiger charge is 2.54. The fourth-order valence-electron chi connectivity index (χ4n) is 2.98. The summed E-state index contributed by atoms with van der Waals surface area (Å²) in [5, 5.41) is 9.07. The lowest BCUT2D eigenvalue weighted by Crippen LogP contribution is -2.24. The standard InChI is InChI=1S/C13H17NO/c15-9-13-11-7-14(8-12(11)13)6-10-4-2-1-3-5-10/h1-5,11-13,15H,6-9H2/t11-,12+,13?. The molecule has 1 unspecified atom stereocenters. The van der Waals surface area contributed by atoms with E-state index in [-0.39, 0.29) is 0 Å². The average molecular weight is 203 g/mol. The Morgan fingerprint density at radius 2 is 1.80 bits per heavy atom. The molecule has 2 fully saturated rings. The van der Waals surface area contributed by atoms with Crippen LogP contribution in [-0.4, -0.2) is 29.7 Å². The van der Waals surface area contributed by atoms with Gasteiger partial charge in [-0.2, -0.15) is 0 Å². The van der Waals surface area contributed by atoms with Gasteiger partial charge in [0.05, 0.1) is 0 Å². The zero-order valence-corrected chi connectivity index (χ0v) is 8.84. The maximum Gasteiger partial charge on any atom is 0.0465 e. The van der Waals surface area contributed by atoms with Gasteiger partial charge in [-0.15, -0.1) is 0 Å². The van der Waals surface area contributed by atoms with Crippen LogP contribution in [0.5, 0.6) is 0 Å². The molecule has 80 valence electrons. The number of benzene rings is 1. The van der Waals surface area contributed by atoms with Crippen molar-refractivity contribution in [1.29, 1.82) is 0 Å². The van der Waals surface area contributed by atoms with Crippen LogP contribution in [0.1, 0.15) is 5.56 Å². The number of hydrogen-bond donors (Lipinski definition) is 1. The summed E-state index contributed by atoms with van der Waals surface area (Å²) < 4.78 is 0. The smallest absolute Gasteiger partial charge is 0.0465 e. The molecule has 2 heteroatoms. The predicted molar refractivity (Wildman–Crippen MR) is 59.3 cm³/mol. The Bertz CT molecular complexity index is 326. The molecule has 0 amide bonds. The van der Waals surface area contributed by atoms with Gasteiger partial charge in [0.1, 0.15) is 0 Å². The fraction of sp³-hybridized carbons (Fsp3) is 0.538. The fourth-order valence-corrected chi connectivity index (χ4v) is 2.98. The van der Waals surface area contributed by atoms with Crippen LogP contribution in [0, 0.1) is 17.8 Å². The summed E-state index contributed by atoms with van der Waals surface area (Å²) in [6, 6.07) is 10.6. The first-order valence-electron chi connectivity index (χ1n) is 5.75. The van der Waals surface area contributed by atoms with Gasteiger partial charge in [-0.05, 0) is 23.3 Å². The van der Waals surface area contributed by atoms with Gasteiger partial charge in [-0.3, -0.25) is 4.90 Å². The Morgan fingerprint density at radius 1 is 1.13 bits per heavy atom. The molecule has 2 nitrogen and oxygen atoms in total. The Morgan fingerprint density at radius 3 is 2.40 bits per heavy atom. The van der Waals surface area contributed by atoms with Crippen molar-refractivity contribution in [2.24, 2.45) is 17.8 Å². The molecule has 15 heavy (non-hydrogen) atoms. The highest BCUT2D eigenvalue weighted by atomic mass is 16.3. The second-order valence-electron chi connectivity index (χ2n) is 4.85. The number of likely N-dealkylation sites (tertiary alicyclic amines) is 1. The first-order valence-corrected chi connectivity index (χ1v) is 5.75. The molecule has 0 bridgehead atoms. The van der Waals surface area contributed by atoms with E-state index in [1.165, 1.54) is 18.7 Å². The van der Waals surface area contributed by atoms with E-state index in [2.05, 4.69) is 35.2 Å². The molecule has 1 aromatic rings. The van der Waals surface area contributed by atoms with Crippen LogP contribution < -0.4 is 0 Å². The number of nitrogens with zero attached hydrogens (tertiary/aromatic N) is 1. The maximum atomic E-state index is 9.07. The predicted octanol–water partition coefficient (Wildman–Crippen LogP) is 1.36. The van der Waals surface area contributed by atoms with Gasteiger partial charge in [0.25, 0.3) is 0 Å². The third-order valence-electron chi connectivity index (χ3n) is 3.91. The molecule has 1 heterocycles. The van der Waals surface area contributed by atoms with Gasteiger partial charge < -0.3 is 5.11 Å². The minimum atomic E-state index is 0.397. The Labute approximate surface area is 90.5 Å². The lowest BCUT2D eigenvalue weighted by atomic mass is 10.2. The van der Waals surface area contributed by atoms with Crippen molar-refractivity contribution < 1.29 is 5.11 Å². The molecule has 0 spiro atoms. The molecule has 1 N–H and O–H groups in total. The van der Waals surface area contributed by atoms with Crippen molar-refractivity contribution in [2.45, 2.75) is 6.54 Å². The van der Waals surface area contributed by atoms with Gasteiger partial charge in [-0.1, -0.05) is 30.3 Å². The number of hydrogen-bond acceptors (Lipinski definition) is 2. The summed E-state index contributed by atoms with van der Waals surface area (Å²) >= 11 is 0. The number of piperidine rings is 1. The van der Waals surface area contributed by atoms with Crippen LogP contribution in [0.2, 0.25) is 0 Å². The zero-order chi connectivity index (χ0) is 10.3. The van der Waals surface area contributed by atoms with Gasteiger partial charge in [0.15, 0.2) is 0 Å². The lowest BCUT2D eigenvalue weighted by molar-refractivity contribution is 0.217. The highest BCUT2D eigenvalue weighted by Crippen LogP contribution is 2.51. The van der Waals surface area contributed by atoms with Crippen molar-refractivity contribution >= 4 is 0 Å². The summed E-state index contributed by atoms with van der Waals surface area (Å²) in [6.07, 6.45) is 0. The van der Waals surface area contributed by atoms with Crippen LogP contribution in [0.3, 0.4) is 0 Å². The second kappa shape index (κ2) is 3.62. The molecular weight excluding hydrogens is 186 g/mol. The second-order valence-corrected chi connectivity index (χ2v) is 4.85. The number of rotatable bonds is 3. The topological polar surface area (TPSA) is 23.5 Å². The lowest BCUT2D eigenvalue weighted by Gasteiger charge is -2.18. The third-order valence-corrected chi connectivity index (χ3v) is 3.91. The summed E-state index contributed by atoms with van der Waals surface area (Å²) in [6.45, 7) is 3.84. The summed E-state index contributed by atoms with van der Waals surface area (Å²) in [5.74, 6) is 2.20. The van der Waals surface area contributed by atoms with Gasteiger partial charge in [0.2, 0.25) is 0 Å². The van der Waals surface area contributed by atoms with Crippen molar-refractivity contribution in [3.05, 3.63) is 35.9 Å². The number of fused-ring (bicyclic) bond motifs is 1. The molecule has 0 radical (unpaired) electrons. The minimum absolute atomic E-state index is 0.397. The number of aliphatic hydroxyl groups is 1. The molecule has 0 aromatic heterocycles.